The zero-order valence-corrected chi connectivity index (χ0v) is 12.5. The summed E-state index contributed by atoms with van der Waals surface area (Å²) in [5.74, 6) is -0.230. The fourth-order valence-corrected chi connectivity index (χ4v) is 1.75. The molecule has 6 heteroatoms. The molecule has 0 aliphatic heterocycles. The maximum absolute atomic E-state index is 11.6. The average Bonchev–Trinajstić information content (AvgIpc) is 2.42. The minimum absolute atomic E-state index is 0.0208. The topological polar surface area (TPSA) is 84.9 Å². The zero-order valence-electron chi connectivity index (χ0n) is 12.5. The van der Waals surface area contributed by atoms with Gasteiger partial charge in [-0.3, -0.25) is 9.59 Å². The smallest absolute Gasteiger partial charge is 0.303 e. The summed E-state index contributed by atoms with van der Waals surface area (Å²) < 4.78 is 10.6. The Labute approximate surface area is 124 Å². The number of carbonyl (C=O) groups is 2. The molecule has 0 fully saturated rings. The van der Waals surface area contributed by atoms with E-state index < -0.39 is 5.97 Å². The van der Waals surface area contributed by atoms with E-state index in [1.807, 2.05) is 19.1 Å². The molecule has 21 heavy (non-hydrogen) atoms. The molecule has 1 atom stereocenters. The molecule has 0 saturated carbocycles. The molecule has 116 valence electrons. The van der Waals surface area contributed by atoms with Crippen LogP contribution in [0.1, 0.15) is 18.9 Å². The van der Waals surface area contributed by atoms with Gasteiger partial charge in [-0.2, -0.15) is 0 Å². The van der Waals surface area contributed by atoms with E-state index in [1.165, 1.54) is 7.11 Å². The lowest BCUT2D eigenvalue weighted by Gasteiger charge is -2.13. The Morgan fingerprint density at radius 3 is 2.67 bits per heavy atom. The van der Waals surface area contributed by atoms with E-state index in [9.17, 15) is 9.59 Å². The van der Waals surface area contributed by atoms with Gasteiger partial charge < -0.3 is 19.9 Å². The summed E-state index contributed by atoms with van der Waals surface area (Å²) in [6.07, 6.45) is 0.0208. The summed E-state index contributed by atoms with van der Waals surface area (Å²) >= 11 is 0. The third-order valence-corrected chi connectivity index (χ3v) is 2.85. The second-order valence-electron chi connectivity index (χ2n) is 4.95. The monoisotopic (exact) mass is 295 g/mol. The van der Waals surface area contributed by atoms with Crippen molar-refractivity contribution in [3.05, 3.63) is 23.8 Å². The van der Waals surface area contributed by atoms with Crippen LogP contribution in [0.25, 0.3) is 0 Å². The summed E-state index contributed by atoms with van der Waals surface area (Å²) in [7, 11) is 1.54. The summed E-state index contributed by atoms with van der Waals surface area (Å²) in [4.78, 5) is 22.2. The van der Waals surface area contributed by atoms with Crippen molar-refractivity contribution in [1.82, 2.24) is 5.32 Å². The Morgan fingerprint density at radius 1 is 1.33 bits per heavy atom. The Bertz CT molecular complexity index is 501. The number of aliphatic carboxylic acids is 1. The summed E-state index contributed by atoms with van der Waals surface area (Å²) in [6, 6.07) is 5.43. The first-order valence-electron chi connectivity index (χ1n) is 6.68. The predicted octanol–water partition coefficient (Wildman–Crippen LogP) is 1.61. The first kappa shape index (κ1) is 16.8. The van der Waals surface area contributed by atoms with Crippen molar-refractivity contribution in [3.63, 3.8) is 0 Å². The third kappa shape index (κ3) is 6.16. The third-order valence-electron chi connectivity index (χ3n) is 2.85. The van der Waals surface area contributed by atoms with Gasteiger partial charge in [-0.05, 0) is 30.5 Å². The van der Waals surface area contributed by atoms with E-state index in [1.54, 1.807) is 13.0 Å². The Hall–Kier alpha value is -2.24. The average molecular weight is 295 g/mol. The van der Waals surface area contributed by atoms with Crippen LogP contribution in [0.3, 0.4) is 0 Å². The molecule has 2 N–H and O–H groups in total. The number of nitrogens with one attached hydrogen (secondary N) is 1. The lowest BCUT2D eigenvalue weighted by Crippen LogP contribution is -2.33. The number of ether oxygens (including phenoxy) is 2. The molecular weight excluding hydrogens is 274 g/mol. The van der Waals surface area contributed by atoms with Crippen molar-refractivity contribution in [2.24, 2.45) is 5.92 Å². The van der Waals surface area contributed by atoms with Gasteiger partial charge in [0.2, 0.25) is 0 Å². The highest BCUT2D eigenvalue weighted by Gasteiger charge is 2.11. The largest absolute Gasteiger partial charge is 0.493 e. The molecule has 1 unspecified atom stereocenters. The number of hydrogen-bond acceptors (Lipinski definition) is 4. The van der Waals surface area contributed by atoms with Gasteiger partial charge in [0.1, 0.15) is 0 Å². The Balaban J connectivity index is 2.41. The van der Waals surface area contributed by atoms with Crippen LogP contribution in [-0.4, -0.2) is 37.2 Å². The second-order valence-corrected chi connectivity index (χ2v) is 4.95. The maximum Gasteiger partial charge on any atom is 0.303 e. The minimum Gasteiger partial charge on any atom is -0.493 e. The van der Waals surface area contributed by atoms with Crippen LogP contribution >= 0.6 is 0 Å². The van der Waals surface area contributed by atoms with E-state index in [4.69, 9.17) is 14.6 Å². The first-order valence-corrected chi connectivity index (χ1v) is 6.68. The number of aryl methyl sites for hydroxylation is 1. The molecule has 1 aromatic rings. The fourth-order valence-electron chi connectivity index (χ4n) is 1.75. The van der Waals surface area contributed by atoms with Gasteiger partial charge in [0.15, 0.2) is 18.1 Å². The first-order chi connectivity index (χ1) is 9.92. The molecule has 0 aromatic heterocycles. The quantitative estimate of drug-likeness (QED) is 0.761. The van der Waals surface area contributed by atoms with Crippen LogP contribution in [0.4, 0.5) is 0 Å². The summed E-state index contributed by atoms with van der Waals surface area (Å²) in [5.41, 5.74) is 1.03. The molecule has 0 spiro atoms. The van der Waals surface area contributed by atoms with E-state index >= 15 is 0 Å². The summed E-state index contributed by atoms with van der Waals surface area (Å²) in [6.45, 7) is 3.86. The molecule has 1 amide bonds. The number of methoxy groups -OCH3 is 1. The van der Waals surface area contributed by atoms with E-state index in [0.717, 1.165) is 5.56 Å². The van der Waals surface area contributed by atoms with Crippen molar-refractivity contribution < 1.29 is 24.2 Å². The molecule has 0 radical (unpaired) electrons. The van der Waals surface area contributed by atoms with Crippen LogP contribution in [-0.2, 0) is 9.59 Å². The lowest BCUT2D eigenvalue weighted by molar-refractivity contribution is -0.138. The number of carboxylic acids is 1. The van der Waals surface area contributed by atoms with Gasteiger partial charge in [-0.1, -0.05) is 13.0 Å². The van der Waals surface area contributed by atoms with Gasteiger partial charge >= 0.3 is 5.97 Å². The molecular formula is C15H21NO5. The maximum atomic E-state index is 11.6. The SMILES string of the molecule is COc1cc(C)ccc1OCC(=O)NCC(C)CC(=O)O. The molecule has 0 aliphatic rings. The number of hydrogen-bond donors (Lipinski definition) is 2. The fraction of sp³-hybridized carbons (Fsp3) is 0.467. The molecule has 1 aromatic carbocycles. The van der Waals surface area contributed by atoms with Crippen LogP contribution < -0.4 is 14.8 Å². The van der Waals surface area contributed by atoms with Crippen molar-refractivity contribution >= 4 is 11.9 Å². The normalized spacial score (nSPS) is 11.6. The van der Waals surface area contributed by atoms with Crippen LogP contribution in [0, 0.1) is 12.8 Å². The molecule has 6 nitrogen and oxygen atoms in total. The van der Waals surface area contributed by atoms with Gasteiger partial charge in [0.25, 0.3) is 5.91 Å². The number of benzene rings is 1. The highest BCUT2D eigenvalue weighted by Crippen LogP contribution is 2.27. The summed E-state index contributed by atoms with van der Waals surface area (Å²) in [5, 5.41) is 11.3. The van der Waals surface area contributed by atoms with Crippen LogP contribution in [0.15, 0.2) is 18.2 Å². The van der Waals surface area contributed by atoms with Crippen molar-refractivity contribution in [1.29, 1.82) is 0 Å². The van der Waals surface area contributed by atoms with Crippen LogP contribution in [0.2, 0.25) is 0 Å². The second kappa shape index (κ2) is 8.14. The lowest BCUT2D eigenvalue weighted by atomic mass is 10.1. The highest BCUT2D eigenvalue weighted by atomic mass is 16.5. The van der Waals surface area contributed by atoms with Crippen molar-refractivity contribution in [2.45, 2.75) is 20.3 Å². The van der Waals surface area contributed by atoms with Crippen molar-refractivity contribution in [3.8, 4) is 11.5 Å². The highest BCUT2D eigenvalue weighted by molar-refractivity contribution is 5.77. The standard InChI is InChI=1S/C15H21NO5/c1-10-4-5-12(13(6-10)20-3)21-9-14(17)16-8-11(2)7-15(18)19/h4-6,11H,7-9H2,1-3H3,(H,16,17)(H,18,19). The molecule has 0 heterocycles. The number of carboxylic acid groups (broad SMARTS) is 1. The van der Waals surface area contributed by atoms with Gasteiger partial charge in [0, 0.05) is 13.0 Å². The van der Waals surface area contributed by atoms with Crippen molar-refractivity contribution in [2.75, 3.05) is 20.3 Å². The number of carbonyl (C=O) groups excluding carboxylic acids is 1. The minimum atomic E-state index is -0.877. The van der Waals surface area contributed by atoms with E-state index in [0.29, 0.717) is 18.0 Å². The predicted molar refractivity (Wildman–Crippen MR) is 77.7 cm³/mol. The van der Waals surface area contributed by atoms with E-state index in [2.05, 4.69) is 5.32 Å². The van der Waals surface area contributed by atoms with Crippen LogP contribution in [0.5, 0.6) is 11.5 Å². The van der Waals surface area contributed by atoms with E-state index in [-0.39, 0.29) is 24.9 Å². The number of amides is 1. The zero-order chi connectivity index (χ0) is 15.8. The van der Waals surface area contributed by atoms with Gasteiger partial charge in [-0.25, -0.2) is 0 Å². The van der Waals surface area contributed by atoms with Gasteiger partial charge in [0.05, 0.1) is 7.11 Å². The molecule has 0 saturated heterocycles. The Kier molecular flexibility index (Phi) is 6.52. The Morgan fingerprint density at radius 2 is 2.05 bits per heavy atom. The molecule has 0 aliphatic carbocycles. The molecule has 1 rings (SSSR count). The number of rotatable bonds is 8. The van der Waals surface area contributed by atoms with Gasteiger partial charge in [-0.15, -0.1) is 0 Å². The molecule has 0 bridgehead atoms.